The lowest BCUT2D eigenvalue weighted by Crippen LogP contribution is -2.53. The monoisotopic (exact) mass is 404 g/mol. The van der Waals surface area contributed by atoms with Crippen molar-refractivity contribution in [2.24, 2.45) is 5.92 Å². The minimum Gasteiger partial charge on any atom is -0.388 e. The number of carbonyl (C=O) groups is 2. The van der Waals surface area contributed by atoms with Crippen molar-refractivity contribution in [3.8, 4) is 0 Å². The van der Waals surface area contributed by atoms with Crippen LogP contribution >= 0.6 is 0 Å². The molecule has 0 spiro atoms. The minimum absolute atomic E-state index is 0.00672. The molecule has 0 aromatic rings. The van der Waals surface area contributed by atoms with Crippen LogP contribution in [-0.2, 0) is 19.6 Å². The van der Waals surface area contributed by atoms with Crippen molar-refractivity contribution in [1.29, 1.82) is 0 Å². The summed E-state index contributed by atoms with van der Waals surface area (Å²) in [6.07, 6.45) is 2.11. The summed E-state index contributed by atoms with van der Waals surface area (Å²) in [6.45, 7) is 4.23. The van der Waals surface area contributed by atoms with Crippen LogP contribution in [0.15, 0.2) is 0 Å². The summed E-state index contributed by atoms with van der Waals surface area (Å²) in [7, 11) is -0.0804. The van der Waals surface area contributed by atoms with Gasteiger partial charge in [0.15, 0.2) is 0 Å². The second kappa shape index (κ2) is 8.42. The Labute approximate surface area is 161 Å². The molecule has 1 atom stereocenters. The Morgan fingerprint density at radius 3 is 2.19 bits per heavy atom. The Morgan fingerprint density at radius 2 is 1.70 bits per heavy atom. The molecule has 2 amide bonds. The normalized spacial score (nSPS) is 25.1. The van der Waals surface area contributed by atoms with Crippen LogP contribution in [-0.4, -0.2) is 116 Å². The smallest absolute Gasteiger partial charge is 0.227 e. The minimum atomic E-state index is -3.40. The Morgan fingerprint density at radius 1 is 1.11 bits per heavy atom. The van der Waals surface area contributed by atoms with Gasteiger partial charge in [0.1, 0.15) is 0 Å². The molecule has 2 fully saturated rings. The average Bonchev–Trinajstić information content (AvgIpc) is 2.76. The highest BCUT2D eigenvalue weighted by molar-refractivity contribution is 7.88. The van der Waals surface area contributed by atoms with Crippen molar-refractivity contribution in [3.63, 3.8) is 0 Å². The van der Waals surface area contributed by atoms with Crippen LogP contribution < -0.4 is 0 Å². The molecule has 0 radical (unpaired) electrons. The third-order valence-electron chi connectivity index (χ3n) is 5.48. The number of hydrogen-bond donors (Lipinski definition) is 1. The van der Waals surface area contributed by atoms with Crippen molar-refractivity contribution in [2.75, 3.05) is 66.2 Å². The molecule has 2 aliphatic rings. The standard InChI is InChI=1S/C17H32N4O5S/c1-14(22)20-7-5-17(24,6-8-20)13-19-9-10-21(27(4,25)26)12-15(11-19)16(23)18(2)3/h15,24H,5-13H2,1-4H3/t15-/m0/s1. The van der Waals surface area contributed by atoms with E-state index in [4.69, 9.17) is 0 Å². The number of nitrogens with zero attached hydrogens (tertiary/aromatic N) is 4. The number of hydrogen-bond acceptors (Lipinski definition) is 6. The summed E-state index contributed by atoms with van der Waals surface area (Å²) in [5.74, 6) is -0.584. The van der Waals surface area contributed by atoms with Crippen LogP contribution in [0.3, 0.4) is 0 Å². The molecule has 0 unspecified atom stereocenters. The van der Waals surface area contributed by atoms with E-state index in [-0.39, 0.29) is 18.4 Å². The molecule has 0 saturated carbocycles. The summed E-state index contributed by atoms with van der Waals surface area (Å²) in [4.78, 5) is 29.2. The number of sulfonamides is 1. The van der Waals surface area contributed by atoms with Gasteiger partial charge in [0, 0.05) is 66.8 Å². The van der Waals surface area contributed by atoms with Gasteiger partial charge in [0.05, 0.1) is 17.8 Å². The van der Waals surface area contributed by atoms with Crippen LogP contribution in [0.25, 0.3) is 0 Å². The summed E-state index contributed by atoms with van der Waals surface area (Å²) < 4.78 is 25.4. The van der Waals surface area contributed by atoms with Crippen LogP contribution in [0.2, 0.25) is 0 Å². The van der Waals surface area contributed by atoms with E-state index in [1.807, 2.05) is 4.90 Å². The lowest BCUT2D eigenvalue weighted by atomic mass is 9.90. The molecule has 27 heavy (non-hydrogen) atoms. The van der Waals surface area contributed by atoms with Crippen molar-refractivity contribution in [2.45, 2.75) is 25.4 Å². The molecular formula is C17H32N4O5S. The molecule has 2 heterocycles. The Kier molecular flexibility index (Phi) is 6.88. The summed E-state index contributed by atoms with van der Waals surface area (Å²) >= 11 is 0. The van der Waals surface area contributed by atoms with E-state index in [9.17, 15) is 23.1 Å². The molecule has 2 saturated heterocycles. The van der Waals surface area contributed by atoms with Crippen molar-refractivity contribution in [3.05, 3.63) is 0 Å². The van der Waals surface area contributed by atoms with E-state index in [1.165, 1.54) is 16.1 Å². The predicted molar refractivity (Wildman–Crippen MR) is 101 cm³/mol. The first-order valence-corrected chi connectivity index (χ1v) is 11.1. The number of piperidine rings is 1. The van der Waals surface area contributed by atoms with Crippen LogP contribution in [0.4, 0.5) is 0 Å². The summed E-state index contributed by atoms with van der Waals surface area (Å²) in [5, 5.41) is 11.0. The maximum Gasteiger partial charge on any atom is 0.227 e. The second-order valence-electron chi connectivity index (χ2n) is 8.02. The van der Waals surface area contributed by atoms with Gasteiger partial charge in [-0.1, -0.05) is 0 Å². The molecule has 0 bridgehead atoms. The molecule has 0 aromatic carbocycles. The molecular weight excluding hydrogens is 372 g/mol. The first-order valence-electron chi connectivity index (χ1n) is 9.28. The van der Waals surface area contributed by atoms with E-state index in [1.54, 1.807) is 19.0 Å². The molecule has 0 aromatic heterocycles. The van der Waals surface area contributed by atoms with Gasteiger partial charge in [0.25, 0.3) is 0 Å². The maximum atomic E-state index is 12.5. The zero-order valence-corrected chi connectivity index (χ0v) is 17.5. The van der Waals surface area contributed by atoms with E-state index < -0.39 is 21.5 Å². The quantitative estimate of drug-likeness (QED) is 0.621. The number of aliphatic hydroxyl groups is 1. The van der Waals surface area contributed by atoms with E-state index in [0.717, 1.165) is 6.26 Å². The summed E-state index contributed by atoms with van der Waals surface area (Å²) in [6, 6.07) is 0. The van der Waals surface area contributed by atoms with Crippen LogP contribution in [0.1, 0.15) is 19.8 Å². The number of likely N-dealkylation sites (tertiary alicyclic amines) is 1. The third-order valence-corrected chi connectivity index (χ3v) is 6.75. The van der Waals surface area contributed by atoms with Crippen LogP contribution in [0.5, 0.6) is 0 Å². The molecule has 2 rings (SSSR count). The van der Waals surface area contributed by atoms with Gasteiger partial charge in [-0.2, -0.15) is 0 Å². The van der Waals surface area contributed by atoms with Gasteiger partial charge < -0.3 is 14.9 Å². The van der Waals surface area contributed by atoms with Gasteiger partial charge in [0.2, 0.25) is 21.8 Å². The Hall–Kier alpha value is -1.23. The van der Waals surface area contributed by atoms with Gasteiger partial charge in [-0.3, -0.25) is 14.5 Å². The summed E-state index contributed by atoms with van der Waals surface area (Å²) in [5.41, 5.74) is -0.933. The van der Waals surface area contributed by atoms with E-state index in [2.05, 4.69) is 0 Å². The highest BCUT2D eigenvalue weighted by atomic mass is 32.2. The Balaban J connectivity index is 2.10. The lowest BCUT2D eigenvalue weighted by Gasteiger charge is -2.41. The van der Waals surface area contributed by atoms with Gasteiger partial charge in [-0.25, -0.2) is 12.7 Å². The largest absolute Gasteiger partial charge is 0.388 e. The fourth-order valence-corrected chi connectivity index (χ4v) is 4.69. The highest BCUT2D eigenvalue weighted by Gasteiger charge is 2.38. The van der Waals surface area contributed by atoms with Crippen molar-refractivity contribution in [1.82, 2.24) is 19.0 Å². The average molecular weight is 405 g/mol. The van der Waals surface area contributed by atoms with Crippen LogP contribution in [0, 0.1) is 5.92 Å². The molecule has 1 N–H and O–H groups in total. The molecule has 156 valence electrons. The number of β-amino-alcohol motifs (C(OH)–C–C–N with tert-alkyl or cyclic N) is 1. The molecule has 0 aliphatic carbocycles. The first kappa shape index (κ1) is 22.1. The number of rotatable bonds is 4. The first-order chi connectivity index (χ1) is 12.4. The number of carbonyl (C=O) groups excluding carboxylic acids is 2. The van der Waals surface area contributed by atoms with Gasteiger partial charge >= 0.3 is 0 Å². The fraction of sp³-hybridized carbons (Fsp3) is 0.882. The molecule has 2 aliphatic heterocycles. The van der Waals surface area contributed by atoms with E-state index >= 15 is 0 Å². The molecule has 10 heteroatoms. The number of amides is 2. The maximum absolute atomic E-state index is 12.5. The zero-order valence-electron chi connectivity index (χ0n) is 16.7. The van der Waals surface area contributed by atoms with Gasteiger partial charge in [-0.15, -0.1) is 0 Å². The molecule has 9 nitrogen and oxygen atoms in total. The van der Waals surface area contributed by atoms with E-state index in [0.29, 0.717) is 52.1 Å². The fourth-order valence-electron chi connectivity index (χ4n) is 3.83. The zero-order chi connectivity index (χ0) is 20.4. The lowest BCUT2D eigenvalue weighted by molar-refractivity contribution is -0.136. The van der Waals surface area contributed by atoms with Crippen molar-refractivity contribution >= 4 is 21.8 Å². The highest BCUT2D eigenvalue weighted by Crippen LogP contribution is 2.25. The van der Waals surface area contributed by atoms with Crippen molar-refractivity contribution < 1.29 is 23.1 Å². The Bertz CT molecular complexity index is 658. The topological polar surface area (TPSA) is 101 Å². The third kappa shape index (κ3) is 5.87. The SMILES string of the molecule is CC(=O)N1CCC(O)(CN2CCN(S(C)(=O)=O)C[C@@H](C(=O)N(C)C)C2)CC1. The predicted octanol–water partition coefficient (Wildman–Crippen LogP) is -1.36. The van der Waals surface area contributed by atoms with Gasteiger partial charge in [-0.05, 0) is 12.8 Å². The second-order valence-corrected chi connectivity index (χ2v) is 10.00.